The molecule has 2 aromatic rings. The van der Waals surface area contributed by atoms with Crippen LogP contribution in [0.15, 0.2) is 97.1 Å². The molecule has 2 aromatic carbocycles. The van der Waals surface area contributed by atoms with E-state index in [1.807, 2.05) is 0 Å². The van der Waals surface area contributed by atoms with E-state index in [1.165, 1.54) is 16.2 Å². The number of benzene rings is 2. The molecule has 0 saturated carbocycles. The zero-order valence-electron chi connectivity index (χ0n) is 11.7. The lowest BCUT2D eigenvalue weighted by molar-refractivity contribution is -0.00000378. The molecule has 0 aromatic heterocycles. The fourth-order valence-corrected chi connectivity index (χ4v) is 5.55. The predicted molar refractivity (Wildman–Crippen MR) is 91.7 cm³/mol. The summed E-state index contributed by atoms with van der Waals surface area (Å²) in [5, 5.41) is 2.88. The van der Waals surface area contributed by atoms with Crippen LogP contribution >= 0.6 is 7.92 Å². The molecule has 0 amide bonds. The van der Waals surface area contributed by atoms with Crippen molar-refractivity contribution < 1.29 is 12.4 Å². The molecule has 0 spiro atoms. The highest BCUT2D eigenvalue weighted by atomic mass is 35.5. The summed E-state index contributed by atoms with van der Waals surface area (Å²) >= 11 is 0. The van der Waals surface area contributed by atoms with Crippen molar-refractivity contribution in [3.63, 3.8) is 0 Å². The van der Waals surface area contributed by atoms with Gasteiger partial charge in [-0.25, -0.2) is 0 Å². The Kier molecular flexibility index (Phi) is 5.56. The second-order valence-corrected chi connectivity index (χ2v) is 7.55. The Morgan fingerprint density at radius 2 is 1.29 bits per heavy atom. The van der Waals surface area contributed by atoms with Gasteiger partial charge in [0.05, 0.1) is 18.5 Å². The molecular weight excluding hydrogens is 295 g/mol. The topological polar surface area (TPSA) is 0 Å². The molecule has 0 aliphatic heterocycles. The van der Waals surface area contributed by atoms with E-state index in [2.05, 4.69) is 91.5 Å². The van der Waals surface area contributed by atoms with Crippen LogP contribution < -0.4 is 23.0 Å². The van der Waals surface area contributed by atoms with Crippen LogP contribution in [0.25, 0.3) is 0 Å². The summed E-state index contributed by atoms with van der Waals surface area (Å²) in [5.41, 5.74) is 1.64. The van der Waals surface area contributed by atoms with Crippen molar-refractivity contribution in [3.05, 3.63) is 97.1 Å². The Morgan fingerprint density at radius 1 is 0.762 bits per heavy atom. The zero-order chi connectivity index (χ0) is 13.8. The molecule has 1 atom stereocenters. The first-order chi connectivity index (χ1) is 9.86. The van der Waals surface area contributed by atoms with Crippen molar-refractivity contribution >= 4 is 18.5 Å². The van der Waals surface area contributed by atoms with Crippen LogP contribution in [0, 0.1) is 0 Å². The van der Waals surface area contributed by atoms with E-state index in [0.717, 1.165) is 0 Å². The van der Waals surface area contributed by atoms with E-state index in [-0.39, 0.29) is 12.4 Å². The molecule has 0 heterocycles. The van der Waals surface area contributed by atoms with Crippen molar-refractivity contribution in [2.75, 3.05) is 0 Å². The smallest absolute Gasteiger partial charge is 0.119 e. The minimum Gasteiger partial charge on any atom is -1.00 e. The molecule has 2 heteroatoms. The monoisotopic (exact) mass is 312 g/mol. The lowest BCUT2D eigenvalue weighted by Crippen LogP contribution is -3.00. The highest BCUT2D eigenvalue weighted by molar-refractivity contribution is 7.74. The van der Waals surface area contributed by atoms with Crippen molar-refractivity contribution in [3.8, 4) is 0 Å². The normalized spacial score (nSPS) is 16.8. The maximum atomic E-state index is 4.25. The van der Waals surface area contributed by atoms with Crippen molar-refractivity contribution in [2.45, 2.75) is 5.66 Å². The standard InChI is InChI=1S/C19H17P.ClH/c1-16-10-8-9-15-19(16)20(17-11-4-2-5-12-17)18-13-6-3-7-14-18;/h2-15,19H,1H2;1H. The zero-order valence-corrected chi connectivity index (χ0v) is 13.5. The molecular formula is C19H18ClP. The van der Waals surface area contributed by atoms with E-state index < -0.39 is 7.92 Å². The fourth-order valence-electron chi connectivity index (χ4n) is 2.62. The highest BCUT2D eigenvalue weighted by Gasteiger charge is 2.32. The fraction of sp³-hybridized carbons (Fsp3) is 0.0526. The van der Waals surface area contributed by atoms with E-state index in [0.29, 0.717) is 5.66 Å². The summed E-state index contributed by atoms with van der Waals surface area (Å²) in [6.07, 6.45) is 8.67. The van der Waals surface area contributed by atoms with Gasteiger partial charge in [-0.05, 0) is 35.9 Å². The number of hydrogen-bond acceptors (Lipinski definition) is 0. The number of allylic oxidation sites excluding steroid dienone is 5. The van der Waals surface area contributed by atoms with E-state index >= 15 is 0 Å². The molecule has 0 nitrogen and oxygen atoms in total. The largest absolute Gasteiger partial charge is 1.00 e. The van der Waals surface area contributed by atoms with Gasteiger partial charge in [0, 0.05) is 0 Å². The van der Waals surface area contributed by atoms with Crippen molar-refractivity contribution in [1.29, 1.82) is 0 Å². The summed E-state index contributed by atoms with van der Waals surface area (Å²) in [6, 6.07) is 21.7. The molecule has 1 aliphatic rings. The van der Waals surface area contributed by atoms with Crippen LogP contribution in [0.1, 0.15) is 0 Å². The lowest BCUT2D eigenvalue weighted by Gasteiger charge is -2.20. The maximum Gasteiger partial charge on any atom is 0.119 e. The van der Waals surface area contributed by atoms with Gasteiger partial charge in [-0.15, -0.1) is 0 Å². The van der Waals surface area contributed by atoms with Crippen LogP contribution in [0.5, 0.6) is 0 Å². The summed E-state index contributed by atoms with van der Waals surface area (Å²) in [4.78, 5) is 0. The quantitative estimate of drug-likeness (QED) is 0.739. The second kappa shape index (κ2) is 7.41. The lowest BCUT2D eigenvalue weighted by atomic mass is 10.1. The first kappa shape index (κ1) is 15.8. The molecule has 0 fully saturated rings. The molecule has 0 N–H and O–H groups in total. The average Bonchev–Trinajstić information content (AvgIpc) is 2.52. The Labute approximate surface area is 134 Å². The molecule has 0 radical (unpaired) electrons. The van der Waals surface area contributed by atoms with Crippen LogP contribution in [0.3, 0.4) is 0 Å². The number of hydrogen-bond donors (Lipinski definition) is 0. The maximum absolute atomic E-state index is 4.25. The van der Waals surface area contributed by atoms with Crippen LogP contribution in [-0.2, 0) is 0 Å². The Bertz CT molecular complexity index is 604. The van der Waals surface area contributed by atoms with Crippen LogP contribution in [0.4, 0.5) is 0 Å². The SMILES string of the molecule is C=C1C=CC=CC1[PH+](c1ccccc1)c1ccccc1.[Cl-]. The summed E-state index contributed by atoms with van der Waals surface area (Å²) in [5.74, 6) is 0. The molecule has 21 heavy (non-hydrogen) atoms. The van der Waals surface area contributed by atoms with Gasteiger partial charge in [0.1, 0.15) is 5.66 Å². The van der Waals surface area contributed by atoms with E-state index in [4.69, 9.17) is 0 Å². The molecule has 0 bridgehead atoms. The van der Waals surface area contributed by atoms with Crippen molar-refractivity contribution in [1.82, 2.24) is 0 Å². The van der Waals surface area contributed by atoms with Gasteiger partial charge in [-0.3, -0.25) is 0 Å². The third kappa shape index (κ3) is 3.53. The highest BCUT2D eigenvalue weighted by Crippen LogP contribution is 2.44. The molecule has 1 aliphatic carbocycles. The molecule has 1 unspecified atom stereocenters. The summed E-state index contributed by atoms with van der Waals surface area (Å²) in [7, 11) is -0.887. The number of rotatable bonds is 3. The Morgan fingerprint density at radius 3 is 1.76 bits per heavy atom. The first-order valence-electron chi connectivity index (χ1n) is 6.87. The van der Waals surface area contributed by atoms with Gasteiger partial charge in [0.25, 0.3) is 0 Å². The summed E-state index contributed by atoms with van der Waals surface area (Å²) < 4.78 is 0. The summed E-state index contributed by atoms with van der Waals surface area (Å²) in [6.45, 7) is 4.25. The first-order valence-corrected chi connectivity index (χ1v) is 8.45. The average molecular weight is 313 g/mol. The van der Waals surface area contributed by atoms with Crippen molar-refractivity contribution in [2.24, 2.45) is 0 Å². The Balaban J connectivity index is 0.00000161. The predicted octanol–water partition coefficient (Wildman–Crippen LogP) is 0.906. The van der Waals surface area contributed by atoms with E-state index in [9.17, 15) is 0 Å². The minimum atomic E-state index is -0.887. The third-order valence-corrected chi connectivity index (χ3v) is 6.70. The molecule has 106 valence electrons. The Hall–Kier alpha value is -1.62. The third-order valence-electron chi connectivity index (χ3n) is 3.61. The second-order valence-electron chi connectivity index (χ2n) is 4.94. The van der Waals surface area contributed by atoms with Crippen LogP contribution in [-0.4, -0.2) is 5.66 Å². The van der Waals surface area contributed by atoms with Gasteiger partial charge >= 0.3 is 0 Å². The van der Waals surface area contributed by atoms with Gasteiger partial charge < -0.3 is 12.4 Å². The minimum absolute atomic E-state index is 0. The van der Waals surface area contributed by atoms with Gasteiger partial charge in [0.15, 0.2) is 0 Å². The molecule has 0 saturated heterocycles. The van der Waals surface area contributed by atoms with E-state index in [1.54, 1.807) is 0 Å². The molecule has 3 rings (SSSR count). The number of halogens is 1. The van der Waals surface area contributed by atoms with Gasteiger partial charge in [0.2, 0.25) is 0 Å². The van der Waals surface area contributed by atoms with Gasteiger partial charge in [-0.2, -0.15) is 0 Å². The van der Waals surface area contributed by atoms with Crippen LogP contribution in [0.2, 0.25) is 0 Å². The van der Waals surface area contributed by atoms with Gasteiger partial charge in [-0.1, -0.05) is 61.2 Å².